The van der Waals surface area contributed by atoms with Crippen molar-refractivity contribution in [1.82, 2.24) is 10.1 Å². The van der Waals surface area contributed by atoms with Crippen molar-refractivity contribution in [2.45, 2.75) is 23.9 Å². The van der Waals surface area contributed by atoms with Gasteiger partial charge in [-0.05, 0) is 13.8 Å². The van der Waals surface area contributed by atoms with Crippen molar-refractivity contribution in [3.8, 4) is 11.3 Å². The van der Waals surface area contributed by atoms with Crippen LogP contribution in [-0.2, 0) is 5.75 Å². The molecule has 0 aliphatic heterocycles. The molecule has 0 amide bonds. The molecule has 20 heavy (non-hydrogen) atoms. The summed E-state index contributed by atoms with van der Waals surface area (Å²) in [4.78, 5) is 4.67. The van der Waals surface area contributed by atoms with Gasteiger partial charge >= 0.3 is 0 Å². The van der Waals surface area contributed by atoms with Crippen LogP contribution in [0.4, 0.5) is 0 Å². The van der Waals surface area contributed by atoms with Gasteiger partial charge < -0.3 is 4.52 Å². The fourth-order valence-electron chi connectivity index (χ4n) is 1.91. The molecule has 1 aromatic carbocycles. The predicted molar refractivity (Wildman–Crippen MR) is 83.1 cm³/mol. The molecule has 3 nitrogen and oxygen atoms in total. The third kappa shape index (κ3) is 2.78. The van der Waals surface area contributed by atoms with Crippen molar-refractivity contribution < 1.29 is 4.52 Å². The maximum absolute atomic E-state index is 5.18. The van der Waals surface area contributed by atoms with E-state index in [1.54, 1.807) is 23.1 Å². The van der Waals surface area contributed by atoms with Crippen molar-refractivity contribution in [1.29, 1.82) is 0 Å². The fraction of sp³-hybridized carbons (Fsp3) is 0.200. The van der Waals surface area contributed by atoms with E-state index < -0.39 is 0 Å². The number of rotatable bonds is 4. The van der Waals surface area contributed by atoms with Gasteiger partial charge in [-0.2, -0.15) is 0 Å². The highest BCUT2D eigenvalue weighted by atomic mass is 32.2. The van der Waals surface area contributed by atoms with E-state index in [1.165, 1.54) is 5.56 Å². The normalized spacial score (nSPS) is 10.9. The highest BCUT2D eigenvalue weighted by Gasteiger charge is 2.11. The van der Waals surface area contributed by atoms with E-state index in [9.17, 15) is 0 Å². The van der Waals surface area contributed by atoms with E-state index in [1.807, 2.05) is 32.0 Å². The minimum Gasteiger partial charge on any atom is -0.361 e. The quantitative estimate of drug-likeness (QED) is 0.654. The summed E-state index contributed by atoms with van der Waals surface area (Å²) in [5, 5.41) is 6.08. The molecule has 0 fully saturated rings. The van der Waals surface area contributed by atoms with Crippen LogP contribution in [0.1, 0.15) is 17.0 Å². The Labute approximate surface area is 126 Å². The van der Waals surface area contributed by atoms with Crippen LogP contribution in [0, 0.1) is 13.8 Å². The highest BCUT2D eigenvalue weighted by molar-refractivity contribution is 8.00. The van der Waals surface area contributed by atoms with E-state index in [0.717, 1.165) is 32.8 Å². The van der Waals surface area contributed by atoms with Gasteiger partial charge in [-0.25, -0.2) is 4.98 Å². The monoisotopic (exact) mass is 302 g/mol. The van der Waals surface area contributed by atoms with Gasteiger partial charge in [-0.1, -0.05) is 47.3 Å². The molecular formula is C15H14N2OS2. The van der Waals surface area contributed by atoms with Gasteiger partial charge in [-0.3, -0.25) is 0 Å². The Morgan fingerprint density at radius 1 is 1.20 bits per heavy atom. The SMILES string of the molecule is Cc1noc(C)c1CSc1nc(-c2ccccc2)cs1. The third-order valence-electron chi connectivity index (χ3n) is 3.07. The summed E-state index contributed by atoms with van der Waals surface area (Å²) in [5.74, 6) is 1.75. The number of aromatic nitrogens is 2. The Morgan fingerprint density at radius 3 is 2.70 bits per heavy atom. The Morgan fingerprint density at radius 2 is 2.00 bits per heavy atom. The lowest BCUT2D eigenvalue weighted by Gasteiger charge is -1.97. The Hall–Kier alpha value is -1.59. The molecule has 0 bridgehead atoms. The largest absolute Gasteiger partial charge is 0.361 e. The summed E-state index contributed by atoms with van der Waals surface area (Å²) < 4.78 is 6.25. The lowest BCUT2D eigenvalue weighted by atomic mass is 10.2. The zero-order chi connectivity index (χ0) is 13.9. The van der Waals surface area contributed by atoms with Crippen LogP contribution in [0.2, 0.25) is 0 Å². The Balaban J connectivity index is 1.72. The van der Waals surface area contributed by atoms with Gasteiger partial charge in [0.1, 0.15) is 5.76 Å². The van der Waals surface area contributed by atoms with Crippen LogP contribution in [0.15, 0.2) is 44.6 Å². The highest BCUT2D eigenvalue weighted by Crippen LogP contribution is 2.31. The zero-order valence-electron chi connectivity index (χ0n) is 11.3. The average Bonchev–Trinajstić information content (AvgIpc) is 3.06. The van der Waals surface area contributed by atoms with Crippen LogP contribution >= 0.6 is 23.1 Å². The zero-order valence-corrected chi connectivity index (χ0v) is 12.9. The predicted octanol–water partition coefficient (Wildman–Crippen LogP) is 4.71. The van der Waals surface area contributed by atoms with Crippen molar-refractivity contribution in [3.05, 3.63) is 52.7 Å². The summed E-state index contributed by atoms with van der Waals surface area (Å²) in [6.07, 6.45) is 0. The van der Waals surface area contributed by atoms with Gasteiger partial charge in [0.05, 0.1) is 11.4 Å². The first-order chi connectivity index (χ1) is 9.74. The summed E-state index contributed by atoms with van der Waals surface area (Å²) in [5.41, 5.74) is 4.34. The molecule has 0 unspecified atom stereocenters. The minimum atomic E-state index is 0.850. The first kappa shape index (κ1) is 13.4. The molecule has 3 aromatic rings. The lowest BCUT2D eigenvalue weighted by Crippen LogP contribution is -1.84. The van der Waals surface area contributed by atoms with E-state index in [4.69, 9.17) is 4.52 Å². The van der Waals surface area contributed by atoms with Gasteiger partial charge in [-0.15, -0.1) is 11.3 Å². The maximum Gasteiger partial charge on any atom is 0.150 e. The van der Waals surface area contributed by atoms with Crippen molar-refractivity contribution in [2.75, 3.05) is 0 Å². The first-order valence-electron chi connectivity index (χ1n) is 6.29. The molecule has 0 aliphatic carbocycles. The van der Waals surface area contributed by atoms with Gasteiger partial charge in [0.15, 0.2) is 4.34 Å². The molecule has 0 radical (unpaired) electrons. The first-order valence-corrected chi connectivity index (χ1v) is 8.16. The lowest BCUT2D eigenvalue weighted by molar-refractivity contribution is 0.392. The number of benzene rings is 1. The van der Waals surface area contributed by atoms with E-state index in [-0.39, 0.29) is 0 Å². The van der Waals surface area contributed by atoms with Crippen molar-refractivity contribution >= 4 is 23.1 Å². The van der Waals surface area contributed by atoms with Gasteiger partial charge in [0.2, 0.25) is 0 Å². The second-order valence-electron chi connectivity index (χ2n) is 4.46. The summed E-state index contributed by atoms with van der Waals surface area (Å²) in [7, 11) is 0. The fourth-order valence-corrected chi connectivity index (χ4v) is 3.90. The molecule has 0 saturated heterocycles. The van der Waals surface area contributed by atoms with E-state index in [2.05, 4.69) is 27.7 Å². The standard InChI is InChI=1S/C15H14N2OS2/c1-10-13(11(2)18-17-10)8-19-15-16-14(9-20-15)12-6-4-3-5-7-12/h3-7,9H,8H2,1-2H3. The molecule has 0 N–H and O–H groups in total. The number of hydrogen-bond donors (Lipinski definition) is 0. The topological polar surface area (TPSA) is 38.9 Å². The number of nitrogens with zero attached hydrogens (tertiary/aromatic N) is 2. The molecule has 102 valence electrons. The van der Waals surface area contributed by atoms with Crippen LogP contribution in [0.3, 0.4) is 0 Å². The number of thioether (sulfide) groups is 1. The van der Waals surface area contributed by atoms with Gasteiger partial charge in [0, 0.05) is 22.3 Å². The number of thiazole rings is 1. The summed E-state index contributed by atoms with van der Waals surface area (Å²) in [6.45, 7) is 3.93. The summed E-state index contributed by atoms with van der Waals surface area (Å²) in [6, 6.07) is 10.2. The molecule has 5 heteroatoms. The number of aryl methyl sites for hydroxylation is 2. The number of hydrogen-bond acceptors (Lipinski definition) is 5. The molecule has 0 saturated carbocycles. The second-order valence-corrected chi connectivity index (χ2v) is 6.54. The third-order valence-corrected chi connectivity index (χ3v) is 5.12. The maximum atomic E-state index is 5.18. The minimum absolute atomic E-state index is 0.850. The molecule has 0 atom stereocenters. The Kier molecular flexibility index (Phi) is 3.89. The van der Waals surface area contributed by atoms with Crippen LogP contribution in [-0.4, -0.2) is 10.1 Å². The van der Waals surface area contributed by atoms with Crippen molar-refractivity contribution in [3.63, 3.8) is 0 Å². The van der Waals surface area contributed by atoms with Crippen molar-refractivity contribution in [2.24, 2.45) is 0 Å². The van der Waals surface area contributed by atoms with E-state index in [0.29, 0.717) is 0 Å². The smallest absolute Gasteiger partial charge is 0.150 e. The molecular weight excluding hydrogens is 288 g/mol. The Bertz CT molecular complexity index is 684. The molecule has 3 rings (SSSR count). The van der Waals surface area contributed by atoms with Gasteiger partial charge in [0.25, 0.3) is 0 Å². The summed E-state index contributed by atoms with van der Waals surface area (Å²) >= 11 is 3.41. The molecule has 2 heterocycles. The van der Waals surface area contributed by atoms with Crippen LogP contribution < -0.4 is 0 Å². The van der Waals surface area contributed by atoms with Crippen LogP contribution in [0.5, 0.6) is 0 Å². The molecule has 2 aromatic heterocycles. The molecule has 0 spiro atoms. The second kappa shape index (κ2) is 5.81. The van der Waals surface area contributed by atoms with Crippen LogP contribution in [0.25, 0.3) is 11.3 Å². The van der Waals surface area contributed by atoms with E-state index >= 15 is 0 Å². The molecule has 0 aliphatic rings. The average molecular weight is 302 g/mol.